The standard InChI is InChI=1S/C9H17NO2/c1-2-3-9(12)10-8-4-7(5-8)6-11/h7-8,11H,2-6H2,1H3,(H,10,12). The van der Waals surface area contributed by atoms with Crippen LogP contribution in [0.25, 0.3) is 0 Å². The zero-order chi connectivity index (χ0) is 8.97. The molecule has 0 unspecified atom stereocenters. The quantitative estimate of drug-likeness (QED) is 0.653. The maximum Gasteiger partial charge on any atom is 0.220 e. The Morgan fingerprint density at radius 3 is 2.75 bits per heavy atom. The molecule has 0 radical (unpaired) electrons. The van der Waals surface area contributed by atoms with E-state index in [1.165, 1.54) is 0 Å². The van der Waals surface area contributed by atoms with Crippen molar-refractivity contribution in [2.24, 2.45) is 5.92 Å². The molecule has 0 atom stereocenters. The largest absolute Gasteiger partial charge is 0.396 e. The zero-order valence-corrected chi connectivity index (χ0v) is 7.55. The minimum atomic E-state index is 0.152. The summed E-state index contributed by atoms with van der Waals surface area (Å²) in [7, 11) is 0. The molecule has 1 amide bonds. The van der Waals surface area contributed by atoms with E-state index < -0.39 is 0 Å². The van der Waals surface area contributed by atoms with Crippen LogP contribution in [0.15, 0.2) is 0 Å². The van der Waals surface area contributed by atoms with E-state index in [0.29, 0.717) is 18.4 Å². The zero-order valence-electron chi connectivity index (χ0n) is 7.55. The van der Waals surface area contributed by atoms with Gasteiger partial charge in [0, 0.05) is 19.1 Å². The number of nitrogens with one attached hydrogen (secondary N) is 1. The van der Waals surface area contributed by atoms with Crippen molar-refractivity contribution < 1.29 is 9.90 Å². The average Bonchev–Trinajstić information content (AvgIpc) is 1.96. The minimum Gasteiger partial charge on any atom is -0.396 e. The Balaban J connectivity index is 2.06. The monoisotopic (exact) mass is 171 g/mol. The average molecular weight is 171 g/mol. The lowest BCUT2D eigenvalue weighted by Crippen LogP contribution is -2.45. The molecule has 70 valence electrons. The fourth-order valence-electron chi connectivity index (χ4n) is 1.53. The Bertz CT molecular complexity index is 153. The summed E-state index contributed by atoms with van der Waals surface area (Å²) in [5.74, 6) is 0.579. The van der Waals surface area contributed by atoms with Crippen molar-refractivity contribution in [2.45, 2.75) is 38.6 Å². The van der Waals surface area contributed by atoms with Crippen LogP contribution in [0, 0.1) is 5.92 Å². The highest BCUT2D eigenvalue weighted by Gasteiger charge is 2.28. The molecule has 0 heterocycles. The number of aliphatic hydroxyl groups is 1. The van der Waals surface area contributed by atoms with Crippen molar-refractivity contribution in [1.82, 2.24) is 5.32 Å². The molecule has 0 aromatic rings. The maximum absolute atomic E-state index is 11.1. The van der Waals surface area contributed by atoms with E-state index in [2.05, 4.69) is 5.32 Å². The minimum absolute atomic E-state index is 0.152. The maximum atomic E-state index is 11.1. The van der Waals surface area contributed by atoms with Crippen molar-refractivity contribution in [2.75, 3.05) is 6.61 Å². The predicted octanol–water partition coefficient (Wildman–Crippen LogP) is 0.674. The summed E-state index contributed by atoms with van der Waals surface area (Å²) in [4.78, 5) is 11.1. The van der Waals surface area contributed by atoms with Crippen LogP contribution in [0.2, 0.25) is 0 Å². The van der Waals surface area contributed by atoms with E-state index in [1.54, 1.807) is 0 Å². The third-order valence-electron chi connectivity index (χ3n) is 2.34. The van der Waals surface area contributed by atoms with E-state index in [0.717, 1.165) is 19.3 Å². The molecule has 1 aliphatic rings. The lowest BCUT2D eigenvalue weighted by Gasteiger charge is -2.34. The summed E-state index contributed by atoms with van der Waals surface area (Å²) in [5, 5.41) is 11.7. The van der Waals surface area contributed by atoms with E-state index >= 15 is 0 Å². The molecule has 1 fully saturated rings. The van der Waals surface area contributed by atoms with Crippen LogP contribution in [0.1, 0.15) is 32.6 Å². The molecule has 1 aliphatic carbocycles. The van der Waals surface area contributed by atoms with Gasteiger partial charge in [0.25, 0.3) is 0 Å². The second-order valence-corrected chi connectivity index (χ2v) is 3.53. The fourth-order valence-corrected chi connectivity index (χ4v) is 1.53. The molecular weight excluding hydrogens is 154 g/mol. The first-order valence-corrected chi connectivity index (χ1v) is 4.66. The Hall–Kier alpha value is -0.570. The molecule has 0 saturated heterocycles. The van der Waals surface area contributed by atoms with Crippen molar-refractivity contribution in [1.29, 1.82) is 0 Å². The fraction of sp³-hybridized carbons (Fsp3) is 0.889. The Kier molecular flexibility index (Phi) is 3.53. The van der Waals surface area contributed by atoms with Gasteiger partial charge in [-0.15, -0.1) is 0 Å². The number of hydrogen-bond donors (Lipinski definition) is 2. The van der Waals surface area contributed by atoms with Crippen LogP contribution in [0.3, 0.4) is 0 Å². The van der Waals surface area contributed by atoms with Crippen molar-refractivity contribution in [3.63, 3.8) is 0 Å². The number of aliphatic hydroxyl groups excluding tert-OH is 1. The number of hydrogen-bond acceptors (Lipinski definition) is 2. The normalized spacial score (nSPS) is 27.8. The van der Waals surface area contributed by atoms with Gasteiger partial charge in [-0.25, -0.2) is 0 Å². The summed E-state index contributed by atoms with van der Waals surface area (Å²) in [6, 6.07) is 0.334. The molecule has 2 N–H and O–H groups in total. The Morgan fingerprint density at radius 2 is 2.25 bits per heavy atom. The van der Waals surface area contributed by atoms with Gasteiger partial charge in [-0.3, -0.25) is 4.79 Å². The third-order valence-corrected chi connectivity index (χ3v) is 2.34. The first-order chi connectivity index (χ1) is 5.76. The molecule has 12 heavy (non-hydrogen) atoms. The van der Waals surface area contributed by atoms with Gasteiger partial charge in [-0.05, 0) is 25.2 Å². The van der Waals surface area contributed by atoms with E-state index in [9.17, 15) is 4.79 Å². The van der Waals surface area contributed by atoms with Crippen LogP contribution in [-0.4, -0.2) is 23.7 Å². The molecule has 0 bridgehead atoms. The van der Waals surface area contributed by atoms with Crippen molar-refractivity contribution >= 4 is 5.91 Å². The van der Waals surface area contributed by atoms with Crippen LogP contribution in [0.4, 0.5) is 0 Å². The second kappa shape index (κ2) is 4.45. The van der Waals surface area contributed by atoms with Crippen LogP contribution < -0.4 is 5.32 Å². The number of rotatable bonds is 4. The molecule has 3 nitrogen and oxygen atoms in total. The molecule has 1 rings (SSSR count). The van der Waals surface area contributed by atoms with E-state index in [1.807, 2.05) is 6.92 Å². The van der Waals surface area contributed by atoms with Gasteiger partial charge in [-0.1, -0.05) is 6.92 Å². The third kappa shape index (κ3) is 2.48. The SMILES string of the molecule is CCCC(=O)NC1CC(CO)C1. The highest BCUT2D eigenvalue weighted by molar-refractivity contribution is 5.76. The number of carbonyl (C=O) groups is 1. The summed E-state index contributed by atoms with van der Waals surface area (Å²) in [6.45, 7) is 2.26. The van der Waals surface area contributed by atoms with Crippen molar-refractivity contribution in [3.8, 4) is 0 Å². The Morgan fingerprint density at radius 1 is 1.58 bits per heavy atom. The molecule has 0 spiro atoms. The number of amides is 1. The molecule has 0 aliphatic heterocycles. The van der Waals surface area contributed by atoms with Gasteiger partial charge in [0.1, 0.15) is 0 Å². The molecule has 0 aromatic carbocycles. The van der Waals surface area contributed by atoms with Gasteiger partial charge in [-0.2, -0.15) is 0 Å². The van der Waals surface area contributed by atoms with Crippen LogP contribution in [0.5, 0.6) is 0 Å². The first kappa shape index (κ1) is 9.52. The van der Waals surface area contributed by atoms with Crippen molar-refractivity contribution in [3.05, 3.63) is 0 Å². The summed E-state index contributed by atoms with van der Waals surface area (Å²) < 4.78 is 0. The first-order valence-electron chi connectivity index (χ1n) is 4.66. The molecule has 3 heteroatoms. The molecule has 1 saturated carbocycles. The summed E-state index contributed by atoms with van der Waals surface area (Å²) in [6.07, 6.45) is 3.43. The van der Waals surface area contributed by atoms with E-state index in [4.69, 9.17) is 5.11 Å². The lowest BCUT2D eigenvalue weighted by atomic mass is 9.81. The van der Waals surface area contributed by atoms with Gasteiger partial charge in [0.15, 0.2) is 0 Å². The van der Waals surface area contributed by atoms with Gasteiger partial charge >= 0.3 is 0 Å². The second-order valence-electron chi connectivity index (χ2n) is 3.53. The highest BCUT2D eigenvalue weighted by atomic mass is 16.3. The predicted molar refractivity (Wildman–Crippen MR) is 46.6 cm³/mol. The van der Waals surface area contributed by atoms with Crippen LogP contribution in [-0.2, 0) is 4.79 Å². The van der Waals surface area contributed by atoms with Gasteiger partial charge in [0.2, 0.25) is 5.91 Å². The highest BCUT2D eigenvalue weighted by Crippen LogP contribution is 2.26. The van der Waals surface area contributed by atoms with Crippen LogP contribution >= 0.6 is 0 Å². The number of carbonyl (C=O) groups excluding carboxylic acids is 1. The topological polar surface area (TPSA) is 49.3 Å². The Labute approximate surface area is 73.2 Å². The smallest absolute Gasteiger partial charge is 0.220 e. The lowest BCUT2D eigenvalue weighted by molar-refractivity contribution is -0.122. The van der Waals surface area contributed by atoms with E-state index in [-0.39, 0.29) is 12.5 Å². The van der Waals surface area contributed by atoms with Gasteiger partial charge < -0.3 is 10.4 Å². The summed E-state index contributed by atoms with van der Waals surface area (Å²) >= 11 is 0. The molecular formula is C9H17NO2. The summed E-state index contributed by atoms with van der Waals surface area (Å²) in [5.41, 5.74) is 0. The van der Waals surface area contributed by atoms with Gasteiger partial charge in [0.05, 0.1) is 0 Å². The molecule has 0 aromatic heterocycles.